The third-order valence-electron chi connectivity index (χ3n) is 4.87. The highest BCUT2D eigenvalue weighted by molar-refractivity contribution is 5.58. The van der Waals surface area contributed by atoms with Gasteiger partial charge >= 0.3 is 0 Å². The van der Waals surface area contributed by atoms with Gasteiger partial charge in [-0.3, -0.25) is 4.98 Å². The van der Waals surface area contributed by atoms with E-state index >= 15 is 0 Å². The van der Waals surface area contributed by atoms with E-state index in [-0.39, 0.29) is 11.6 Å². The number of anilines is 2. The standard InChI is InChI=1S/C20H21FN6/c1-27-10-7-14(8-11-27)15-5-6-18(23-12-15)25-20-24-13-16(21)19(26-20)17-4-2-3-9-22-17/h2-6,9,12-14H,7-8,10-11H2,1H3,(H,23,24,25,26). The average molecular weight is 364 g/mol. The molecule has 0 radical (unpaired) electrons. The Morgan fingerprint density at radius 3 is 2.59 bits per heavy atom. The molecule has 0 bridgehead atoms. The third-order valence-corrected chi connectivity index (χ3v) is 4.87. The minimum Gasteiger partial charge on any atom is -0.309 e. The van der Waals surface area contributed by atoms with E-state index in [0.29, 0.717) is 17.4 Å². The Hall–Kier alpha value is -2.93. The molecule has 0 aromatic carbocycles. The van der Waals surface area contributed by atoms with Crippen LogP contribution in [0.5, 0.6) is 0 Å². The number of rotatable bonds is 4. The van der Waals surface area contributed by atoms with E-state index in [4.69, 9.17) is 0 Å². The fourth-order valence-corrected chi connectivity index (χ4v) is 3.29. The van der Waals surface area contributed by atoms with Crippen LogP contribution in [0.2, 0.25) is 0 Å². The number of hydrogen-bond acceptors (Lipinski definition) is 6. The Balaban J connectivity index is 1.49. The zero-order valence-corrected chi connectivity index (χ0v) is 15.1. The molecule has 27 heavy (non-hydrogen) atoms. The molecule has 1 aliphatic heterocycles. The second-order valence-electron chi connectivity index (χ2n) is 6.78. The van der Waals surface area contributed by atoms with Crippen LogP contribution in [0.15, 0.2) is 48.9 Å². The quantitative estimate of drug-likeness (QED) is 0.763. The summed E-state index contributed by atoms with van der Waals surface area (Å²) in [5.74, 6) is 0.965. The van der Waals surface area contributed by atoms with Gasteiger partial charge in [-0.2, -0.15) is 0 Å². The summed E-state index contributed by atoms with van der Waals surface area (Å²) < 4.78 is 14.1. The summed E-state index contributed by atoms with van der Waals surface area (Å²) in [7, 11) is 2.16. The fraction of sp³-hybridized carbons (Fsp3) is 0.300. The number of nitrogens with one attached hydrogen (secondary N) is 1. The van der Waals surface area contributed by atoms with Gasteiger partial charge in [0.2, 0.25) is 5.95 Å². The predicted molar refractivity (Wildman–Crippen MR) is 102 cm³/mol. The van der Waals surface area contributed by atoms with Gasteiger partial charge in [-0.05, 0) is 62.7 Å². The second kappa shape index (κ2) is 7.75. The van der Waals surface area contributed by atoms with Crippen molar-refractivity contribution in [2.24, 2.45) is 0 Å². The van der Waals surface area contributed by atoms with Gasteiger partial charge in [-0.1, -0.05) is 12.1 Å². The molecule has 0 aliphatic carbocycles. The molecule has 3 aromatic heterocycles. The Labute approximate surface area is 157 Å². The van der Waals surface area contributed by atoms with Gasteiger partial charge in [0.25, 0.3) is 0 Å². The minimum atomic E-state index is -0.509. The van der Waals surface area contributed by atoms with Crippen LogP contribution in [0.1, 0.15) is 24.3 Å². The summed E-state index contributed by atoms with van der Waals surface area (Å²) in [6, 6.07) is 9.29. The SMILES string of the molecule is CN1CCC(c2ccc(Nc3ncc(F)c(-c4ccccn4)n3)nc2)CC1. The lowest BCUT2D eigenvalue weighted by Crippen LogP contribution is -2.29. The lowest BCUT2D eigenvalue weighted by Gasteiger charge is -2.29. The van der Waals surface area contributed by atoms with Crippen LogP contribution in [0.3, 0.4) is 0 Å². The van der Waals surface area contributed by atoms with Crippen molar-refractivity contribution in [1.29, 1.82) is 0 Å². The molecule has 3 aromatic rings. The van der Waals surface area contributed by atoms with Crippen LogP contribution in [0.4, 0.5) is 16.2 Å². The van der Waals surface area contributed by atoms with Crippen LogP contribution in [-0.4, -0.2) is 45.0 Å². The topological polar surface area (TPSA) is 66.8 Å². The molecule has 0 amide bonds. The summed E-state index contributed by atoms with van der Waals surface area (Å²) in [5, 5.41) is 3.04. The van der Waals surface area contributed by atoms with Crippen molar-refractivity contribution >= 4 is 11.8 Å². The number of aromatic nitrogens is 4. The number of hydrogen-bond donors (Lipinski definition) is 1. The van der Waals surface area contributed by atoms with Gasteiger partial charge in [0.1, 0.15) is 11.5 Å². The molecule has 7 heteroatoms. The normalized spacial score (nSPS) is 15.6. The van der Waals surface area contributed by atoms with Crippen molar-refractivity contribution in [1.82, 2.24) is 24.8 Å². The number of pyridine rings is 2. The highest BCUT2D eigenvalue weighted by atomic mass is 19.1. The Morgan fingerprint density at radius 1 is 1.04 bits per heavy atom. The molecule has 6 nitrogen and oxygen atoms in total. The third kappa shape index (κ3) is 4.09. The minimum absolute atomic E-state index is 0.163. The van der Waals surface area contributed by atoms with Crippen molar-refractivity contribution in [3.63, 3.8) is 0 Å². The van der Waals surface area contributed by atoms with Gasteiger partial charge in [-0.15, -0.1) is 0 Å². The lowest BCUT2D eigenvalue weighted by atomic mass is 9.91. The van der Waals surface area contributed by atoms with Crippen LogP contribution in [0, 0.1) is 5.82 Å². The smallest absolute Gasteiger partial charge is 0.229 e. The summed E-state index contributed by atoms with van der Waals surface area (Å²) in [5.41, 5.74) is 1.88. The van der Waals surface area contributed by atoms with E-state index in [2.05, 4.69) is 43.3 Å². The molecule has 0 spiro atoms. The second-order valence-corrected chi connectivity index (χ2v) is 6.78. The highest BCUT2D eigenvalue weighted by Crippen LogP contribution is 2.27. The predicted octanol–water partition coefficient (Wildman–Crippen LogP) is 3.63. The van der Waals surface area contributed by atoms with E-state index in [1.165, 1.54) is 5.56 Å². The summed E-state index contributed by atoms with van der Waals surface area (Å²) in [4.78, 5) is 19.2. The molecule has 4 heterocycles. The first-order chi connectivity index (χ1) is 13.2. The Bertz CT molecular complexity index is 892. The molecule has 1 aliphatic rings. The first-order valence-electron chi connectivity index (χ1n) is 9.04. The molecule has 1 N–H and O–H groups in total. The fourth-order valence-electron chi connectivity index (χ4n) is 3.29. The monoisotopic (exact) mass is 364 g/mol. The maximum Gasteiger partial charge on any atom is 0.229 e. The zero-order valence-electron chi connectivity index (χ0n) is 15.1. The molecule has 4 rings (SSSR count). The van der Waals surface area contributed by atoms with Crippen LogP contribution in [-0.2, 0) is 0 Å². The van der Waals surface area contributed by atoms with Gasteiger partial charge in [0, 0.05) is 12.4 Å². The van der Waals surface area contributed by atoms with Crippen LogP contribution >= 0.6 is 0 Å². The van der Waals surface area contributed by atoms with E-state index in [1.54, 1.807) is 24.4 Å². The highest BCUT2D eigenvalue weighted by Gasteiger charge is 2.18. The van der Waals surface area contributed by atoms with E-state index in [1.807, 2.05) is 12.3 Å². The first-order valence-corrected chi connectivity index (χ1v) is 9.04. The summed E-state index contributed by atoms with van der Waals surface area (Å²) >= 11 is 0. The van der Waals surface area contributed by atoms with Gasteiger partial charge in [-0.25, -0.2) is 19.3 Å². The number of nitrogens with zero attached hydrogens (tertiary/aromatic N) is 5. The number of likely N-dealkylation sites (tertiary alicyclic amines) is 1. The average Bonchev–Trinajstić information content (AvgIpc) is 2.71. The molecular formula is C20H21FN6. The van der Waals surface area contributed by atoms with Crippen molar-refractivity contribution in [2.75, 3.05) is 25.5 Å². The largest absolute Gasteiger partial charge is 0.309 e. The van der Waals surface area contributed by atoms with Crippen LogP contribution < -0.4 is 5.32 Å². The van der Waals surface area contributed by atoms with Crippen molar-refractivity contribution in [3.8, 4) is 11.4 Å². The molecular weight excluding hydrogens is 343 g/mol. The Morgan fingerprint density at radius 2 is 1.89 bits per heavy atom. The summed E-state index contributed by atoms with van der Waals surface area (Å²) in [6.07, 6.45) is 6.96. The van der Waals surface area contributed by atoms with Gasteiger partial charge < -0.3 is 10.2 Å². The van der Waals surface area contributed by atoms with Gasteiger partial charge in [0.15, 0.2) is 5.82 Å². The van der Waals surface area contributed by atoms with Crippen LogP contribution in [0.25, 0.3) is 11.4 Å². The molecule has 1 fully saturated rings. The molecule has 1 saturated heterocycles. The number of piperidine rings is 1. The van der Waals surface area contributed by atoms with Crippen molar-refractivity contribution in [3.05, 3.63) is 60.3 Å². The molecule has 138 valence electrons. The maximum atomic E-state index is 14.1. The molecule has 0 atom stereocenters. The lowest BCUT2D eigenvalue weighted by molar-refractivity contribution is 0.255. The van der Waals surface area contributed by atoms with E-state index in [9.17, 15) is 4.39 Å². The van der Waals surface area contributed by atoms with Crippen molar-refractivity contribution in [2.45, 2.75) is 18.8 Å². The van der Waals surface area contributed by atoms with Gasteiger partial charge in [0.05, 0.1) is 11.9 Å². The number of halogens is 1. The summed E-state index contributed by atoms with van der Waals surface area (Å²) in [6.45, 7) is 2.23. The zero-order chi connectivity index (χ0) is 18.6. The van der Waals surface area contributed by atoms with E-state index < -0.39 is 5.82 Å². The Kier molecular flexibility index (Phi) is 5.02. The molecule has 0 saturated carbocycles. The molecule has 0 unspecified atom stereocenters. The van der Waals surface area contributed by atoms with E-state index in [0.717, 1.165) is 32.1 Å². The first kappa shape index (κ1) is 17.5. The van der Waals surface area contributed by atoms with Crippen molar-refractivity contribution < 1.29 is 4.39 Å². The maximum absolute atomic E-state index is 14.1.